The Kier molecular flexibility index (Phi) is 29.6. The minimum atomic E-state index is -4.78. The maximum absolute atomic E-state index is 12.5. The van der Waals surface area contributed by atoms with Crippen molar-refractivity contribution in [3.8, 4) is 34.5 Å². The molecular weight excluding hydrogens is 1390 g/mol. The number of aromatic nitrogens is 4. The van der Waals surface area contributed by atoms with Gasteiger partial charge in [0.2, 0.25) is 0 Å². The van der Waals surface area contributed by atoms with Crippen LogP contribution < -0.4 is 33.7 Å². The number of methoxy groups -OCH3 is 4. The number of fused-ring (bicyclic) bond motifs is 4. The van der Waals surface area contributed by atoms with Crippen molar-refractivity contribution in [3.05, 3.63) is 173 Å². The van der Waals surface area contributed by atoms with E-state index in [0.717, 1.165) is 76.2 Å². The van der Waals surface area contributed by atoms with E-state index >= 15 is 0 Å². The predicted molar refractivity (Wildman–Crippen MR) is 370 cm³/mol. The molecular formula is C69H76BrCl4F6N5O10. The summed E-state index contributed by atoms with van der Waals surface area (Å²) in [7, 11) is 6.26. The van der Waals surface area contributed by atoms with E-state index in [1.807, 2.05) is 35.8 Å². The third-order valence-electron chi connectivity index (χ3n) is 14.7. The topological polar surface area (TPSA) is 194 Å². The minimum absolute atomic E-state index is 0.0172. The molecule has 0 saturated carbocycles. The molecule has 0 aliphatic carbocycles. The minimum Gasteiger partial charge on any atom is -0.495 e. The van der Waals surface area contributed by atoms with Gasteiger partial charge in [-0.3, -0.25) is 9.59 Å². The zero-order valence-corrected chi connectivity index (χ0v) is 59.0. The smallest absolute Gasteiger partial charge is 0.495 e. The number of nitrogens with zero attached hydrogens (tertiary/aromatic N) is 1. The SMILES string of the molecule is CCCNCC.CCc1c(C)[nH]c2cc(Cl)c(OC)cc12.CCc1c(C)[nH]c2cc(Cl)c(OC)cc12.COc1cc2c(CC(=O)O)c(C)[nH]c2cc1Cl.COc1cc2c(CC(=O)O)c(C)n(Cc3cccc(OC(F)(F)F)c3)c2cc1Cl.FC(F)(F)Oc1cccc(CBr)c1. The number of alkyl halides is 7. The highest BCUT2D eigenvalue weighted by Gasteiger charge is 2.32. The number of carboxylic acid groups (broad SMARTS) is 2. The average molecular weight is 1470 g/mol. The summed E-state index contributed by atoms with van der Waals surface area (Å²) in [5.41, 5.74) is 12.9. The van der Waals surface area contributed by atoms with Gasteiger partial charge in [-0.25, -0.2) is 0 Å². The number of aryl methyl sites for hydroxylation is 5. The number of nitrogens with one attached hydrogen (secondary N) is 4. The Morgan fingerprint density at radius 2 is 0.895 bits per heavy atom. The molecule has 0 fully saturated rings. The molecule has 0 amide bonds. The van der Waals surface area contributed by atoms with Gasteiger partial charge in [0.05, 0.1) is 66.9 Å². The van der Waals surface area contributed by atoms with Crippen LogP contribution in [0.1, 0.15) is 90.3 Å². The molecule has 10 aromatic rings. The van der Waals surface area contributed by atoms with E-state index in [0.29, 0.717) is 64.6 Å². The Hall–Kier alpha value is -7.60. The summed E-state index contributed by atoms with van der Waals surface area (Å²) in [5.74, 6) is 0.0488. The molecule has 26 heteroatoms. The van der Waals surface area contributed by atoms with Gasteiger partial charge in [-0.2, -0.15) is 0 Å². The molecule has 0 unspecified atom stereocenters. The van der Waals surface area contributed by atoms with E-state index in [-0.39, 0.29) is 30.9 Å². The van der Waals surface area contributed by atoms with Gasteiger partial charge in [0, 0.05) is 72.7 Å². The van der Waals surface area contributed by atoms with Crippen LogP contribution in [0.3, 0.4) is 0 Å². The number of ether oxygens (including phenoxy) is 6. The normalized spacial score (nSPS) is 11.1. The van der Waals surface area contributed by atoms with E-state index in [4.69, 9.17) is 70.5 Å². The summed E-state index contributed by atoms with van der Waals surface area (Å²) >= 11 is 27.5. The van der Waals surface area contributed by atoms with Gasteiger partial charge in [-0.15, -0.1) is 26.3 Å². The van der Waals surface area contributed by atoms with Gasteiger partial charge >= 0.3 is 24.7 Å². The lowest BCUT2D eigenvalue weighted by Crippen LogP contribution is -2.17. The molecule has 0 atom stereocenters. The maximum atomic E-state index is 12.5. The average Bonchev–Trinajstić information content (AvgIpc) is 1.63. The fourth-order valence-electron chi connectivity index (χ4n) is 10.4. The Balaban J connectivity index is 0.000000217. The first-order valence-electron chi connectivity index (χ1n) is 29.7. The van der Waals surface area contributed by atoms with Crippen molar-refractivity contribution in [2.75, 3.05) is 41.5 Å². The van der Waals surface area contributed by atoms with Crippen LogP contribution in [0.25, 0.3) is 43.6 Å². The number of aromatic amines is 3. The summed E-state index contributed by atoms with van der Waals surface area (Å²) in [6.07, 6.45) is -6.37. The highest BCUT2D eigenvalue weighted by atomic mass is 79.9. The molecule has 4 aromatic heterocycles. The molecule has 10 rings (SSSR count). The number of aliphatic carboxylic acids is 2. The van der Waals surface area contributed by atoms with E-state index in [9.17, 15) is 41.0 Å². The molecule has 0 aliphatic heterocycles. The number of carboxylic acids is 2. The van der Waals surface area contributed by atoms with Crippen LogP contribution in [0.2, 0.25) is 20.1 Å². The van der Waals surface area contributed by atoms with Crippen LogP contribution in [0.4, 0.5) is 26.3 Å². The van der Waals surface area contributed by atoms with Gasteiger partial charge in [0.1, 0.15) is 34.5 Å². The summed E-state index contributed by atoms with van der Waals surface area (Å²) in [6, 6.07) is 26.1. The second kappa shape index (κ2) is 35.9. The standard InChI is InChI=1S/C20H17ClF3NO4.C12H12ClNO3.2C12H14ClNO.C8H6BrF3O.C5H13N/c1-11-14(8-19(26)27)15-7-18(28-2)16(21)9-17(15)25(11)10-12-4-3-5-13(6-12)29-20(22,23)24;1-6-7(4-12(15)16)8-3-11(17-2)9(13)5-10(8)14-6;2*1-4-8-7(2)14-11-6-10(13)12(15-3)5-9(8)11;9-5-6-2-1-3-7(4-6)13-8(10,11)12;1-3-5-6-4-2/h3-7,9H,8,10H2,1-2H3,(H,26,27);3,5,14H,4H2,1-2H3,(H,15,16);2*5-6,14H,4H2,1-3H3;1-4H,5H2;6H,3-5H2,1-2H3. The highest BCUT2D eigenvalue weighted by molar-refractivity contribution is 9.08. The lowest BCUT2D eigenvalue weighted by Gasteiger charge is -2.12. The number of benzene rings is 6. The number of hydrogen-bond acceptors (Lipinski definition) is 9. The third kappa shape index (κ3) is 22.0. The Bertz CT molecular complexity index is 4130. The number of halogens is 11. The molecule has 95 heavy (non-hydrogen) atoms. The Labute approximate surface area is 575 Å². The van der Waals surface area contributed by atoms with Crippen LogP contribution in [-0.2, 0) is 47.1 Å². The Morgan fingerprint density at radius 1 is 0.526 bits per heavy atom. The van der Waals surface area contributed by atoms with E-state index in [2.05, 4.69) is 87.2 Å². The predicted octanol–water partition coefficient (Wildman–Crippen LogP) is 19.8. The van der Waals surface area contributed by atoms with Crippen molar-refractivity contribution in [1.29, 1.82) is 0 Å². The second-order valence-corrected chi connectivity index (χ2v) is 23.4. The van der Waals surface area contributed by atoms with Gasteiger partial charge < -0.3 is 63.5 Å². The molecule has 0 saturated heterocycles. The first-order valence-corrected chi connectivity index (χ1v) is 32.3. The lowest BCUT2D eigenvalue weighted by atomic mass is 10.1. The first kappa shape index (κ1) is 78.1. The third-order valence-corrected chi connectivity index (χ3v) is 16.5. The van der Waals surface area contributed by atoms with Crippen molar-refractivity contribution in [1.82, 2.24) is 24.8 Å². The quantitative estimate of drug-likeness (QED) is 0.0272. The van der Waals surface area contributed by atoms with Crippen LogP contribution in [0.5, 0.6) is 34.5 Å². The number of hydrogen-bond donors (Lipinski definition) is 6. The zero-order chi connectivity index (χ0) is 70.6. The van der Waals surface area contributed by atoms with E-state index in [1.54, 1.807) is 57.5 Å². The van der Waals surface area contributed by atoms with Crippen molar-refractivity contribution in [3.63, 3.8) is 0 Å². The number of rotatable bonds is 18. The fourth-order valence-corrected chi connectivity index (χ4v) is 11.7. The van der Waals surface area contributed by atoms with Crippen LogP contribution in [0, 0.1) is 27.7 Å². The van der Waals surface area contributed by atoms with Gasteiger partial charge in [0.15, 0.2) is 0 Å². The van der Waals surface area contributed by atoms with Crippen molar-refractivity contribution < 1.29 is 74.6 Å². The molecule has 0 bridgehead atoms. The summed E-state index contributed by atoms with van der Waals surface area (Å²) in [5, 5.41) is 27.9. The zero-order valence-electron chi connectivity index (χ0n) is 54.4. The summed E-state index contributed by atoms with van der Waals surface area (Å²) in [4.78, 5) is 31.9. The molecule has 6 aromatic carbocycles. The van der Waals surface area contributed by atoms with Crippen LogP contribution >= 0.6 is 62.3 Å². The number of H-pyrrole nitrogens is 3. The van der Waals surface area contributed by atoms with Crippen molar-refractivity contribution >= 4 is 118 Å². The van der Waals surface area contributed by atoms with Gasteiger partial charge in [0.25, 0.3) is 0 Å². The summed E-state index contributed by atoms with van der Waals surface area (Å²) < 4.78 is 103. The van der Waals surface area contributed by atoms with Gasteiger partial charge in [-0.05, 0) is 166 Å². The van der Waals surface area contributed by atoms with Gasteiger partial charge in [-0.1, -0.05) is 114 Å². The molecule has 0 aliphatic rings. The molecule has 0 spiro atoms. The molecule has 514 valence electrons. The summed E-state index contributed by atoms with van der Waals surface area (Å²) in [6.45, 7) is 18.8. The first-order chi connectivity index (χ1) is 44.9. The molecule has 4 heterocycles. The molecule has 15 nitrogen and oxygen atoms in total. The largest absolute Gasteiger partial charge is 0.573 e. The fraction of sp³-hybridized carbons (Fsp3) is 0.333. The second-order valence-electron chi connectivity index (χ2n) is 21.2. The molecule has 0 radical (unpaired) electrons. The highest BCUT2D eigenvalue weighted by Crippen LogP contribution is 2.38. The van der Waals surface area contributed by atoms with E-state index in [1.165, 1.54) is 90.3 Å². The van der Waals surface area contributed by atoms with Crippen LogP contribution in [-0.4, -0.2) is 95.9 Å². The van der Waals surface area contributed by atoms with Crippen LogP contribution in [0.15, 0.2) is 97.1 Å². The Morgan fingerprint density at radius 3 is 1.25 bits per heavy atom. The van der Waals surface area contributed by atoms with E-state index < -0.39 is 24.7 Å². The molecule has 6 N–H and O–H groups in total. The maximum Gasteiger partial charge on any atom is 0.573 e. The van der Waals surface area contributed by atoms with Crippen molar-refractivity contribution in [2.24, 2.45) is 0 Å². The monoisotopic (exact) mass is 1470 g/mol. The number of carbonyl (C=O) groups is 2. The van der Waals surface area contributed by atoms with Crippen molar-refractivity contribution in [2.45, 2.75) is 112 Å². The lowest BCUT2D eigenvalue weighted by molar-refractivity contribution is -0.275.